The molecule has 0 aliphatic rings. The molecule has 0 heterocycles. The summed E-state index contributed by atoms with van der Waals surface area (Å²) in [5.41, 5.74) is 0.859. The van der Waals surface area contributed by atoms with E-state index in [9.17, 15) is 4.39 Å². The fourth-order valence-electron chi connectivity index (χ4n) is 0.865. The summed E-state index contributed by atoms with van der Waals surface area (Å²) in [5, 5.41) is 0. The molecule has 0 aliphatic carbocycles. The Bertz CT molecular complexity index is 269. The first kappa shape index (κ1) is 12.2. The Labute approximate surface area is 83.9 Å². The van der Waals surface area contributed by atoms with E-state index in [1.807, 2.05) is 20.1 Å². The number of benzene rings is 1. The molecule has 0 amide bonds. The Morgan fingerprint density at radius 3 is 2.46 bits per heavy atom. The molecule has 72 valence electrons. The molecule has 0 saturated carbocycles. The van der Waals surface area contributed by atoms with Gasteiger partial charge >= 0.3 is 0 Å². The Hall–Kier alpha value is -0.760. The minimum absolute atomic E-state index is 0.210. The van der Waals surface area contributed by atoms with Crippen LogP contribution in [0.5, 0.6) is 0 Å². The van der Waals surface area contributed by atoms with Crippen LogP contribution in [0.2, 0.25) is 0 Å². The molecule has 0 bridgehead atoms. The van der Waals surface area contributed by atoms with Crippen molar-refractivity contribution in [2.24, 2.45) is 0 Å². The average Bonchev–Trinajstić information content (AvgIpc) is 2.20. The van der Waals surface area contributed by atoms with Crippen molar-refractivity contribution in [2.75, 3.05) is 6.26 Å². The van der Waals surface area contributed by atoms with E-state index in [4.69, 9.17) is 0 Å². The molecule has 1 aromatic rings. The van der Waals surface area contributed by atoms with E-state index in [2.05, 4.69) is 6.58 Å². The van der Waals surface area contributed by atoms with Gasteiger partial charge in [-0.2, -0.15) is 0 Å². The van der Waals surface area contributed by atoms with Crippen LogP contribution in [-0.2, 0) is 0 Å². The maximum atomic E-state index is 12.6. The molecular weight excluding hydrogens is 183 g/mol. The maximum absolute atomic E-state index is 12.6. The monoisotopic (exact) mass is 198 g/mol. The molecule has 1 rings (SSSR count). The van der Waals surface area contributed by atoms with Gasteiger partial charge in [-0.15, -0.1) is 11.8 Å². The first-order chi connectivity index (χ1) is 6.27. The summed E-state index contributed by atoms with van der Waals surface area (Å²) >= 11 is 1.59. The predicted molar refractivity (Wildman–Crippen MR) is 59.6 cm³/mol. The fourth-order valence-corrected chi connectivity index (χ4v) is 1.45. The smallest absolute Gasteiger partial charge is 0.123 e. The van der Waals surface area contributed by atoms with E-state index in [1.54, 1.807) is 23.9 Å². The Kier molecular flexibility index (Phi) is 6.33. The summed E-state index contributed by atoms with van der Waals surface area (Å²) in [6, 6.07) is 4.70. The Balaban J connectivity index is 0.000000671. The largest absolute Gasteiger partial charge is 0.207 e. The molecule has 2 heteroatoms. The zero-order valence-corrected chi connectivity index (χ0v) is 9.12. The third kappa shape index (κ3) is 3.64. The molecule has 1 aromatic carbocycles. The van der Waals surface area contributed by atoms with Gasteiger partial charge in [0.15, 0.2) is 0 Å². The lowest BCUT2D eigenvalue weighted by atomic mass is 10.2. The topological polar surface area (TPSA) is 0 Å². The quantitative estimate of drug-likeness (QED) is 0.641. The third-order valence-corrected chi connectivity index (χ3v) is 2.22. The van der Waals surface area contributed by atoms with Crippen LogP contribution < -0.4 is 0 Å². The summed E-state index contributed by atoms with van der Waals surface area (Å²) in [6.45, 7) is 7.60. The molecule has 0 atom stereocenters. The zero-order valence-electron chi connectivity index (χ0n) is 8.30. The van der Waals surface area contributed by atoms with E-state index in [0.717, 1.165) is 10.5 Å². The molecule has 0 saturated heterocycles. The van der Waals surface area contributed by atoms with Crippen molar-refractivity contribution < 1.29 is 4.39 Å². The number of halogens is 1. The Morgan fingerprint density at radius 1 is 1.38 bits per heavy atom. The molecular formula is C11H15FS. The van der Waals surface area contributed by atoms with Gasteiger partial charge in [0.2, 0.25) is 0 Å². The van der Waals surface area contributed by atoms with Crippen LogP contribution in [0.15, 0.2) is 29.7 Å². The highest BCUT2D eigenvalue weighted by atomic mass is 32.2. The van der Waals surface area contributed by atoms with Gasteiger partial charge in [0.25, 0.3) is 0 Å². The maximum Gasteiger partial charge on any atom is 0.123 e. The summed E-state index contributed by atoms with van der Waals surface area (Å²) < 4.78 is 12.6. The van der Waals surface area contributed by atoms with E-state index in [1.165, 1.54) is 12.1 Å². The summed E-state index contributed by atoms with van der Waals surface area (Å²) in [5.74, 6) is -0.210. The molecule has 0 nitrogen and oxygen atoms in total. The van der Waals surface area contributed by atoms with Gasteiger partial charge in [0.05, 0.1) is 0 Å². The summed E-state index contributed by atoms with van der Waals surface area (Å²) in [4.78, 5) is 1.06. The molecule has 0 spiro atoms. The van der Waals surface area contributed by atoms with Crippen molar-refractivity contribution in [1.29, 1.82) is 0 Å². The van der Waals surface area contributed by atoms with Crippen molar-refractivity contribution in [3.05, 3.63) is 36.2 Å². The highest BCUT2D eigenvalue weighted by molar-refractivity contribution is 7.98. The second kappa shape index (κ2) is 6.72. The highest BCUT2D eigenvalue weighted by Crippen LogP contribution is 2.21. The van der Waals surface area contributed by atoms with Gasteiger partial charge in [-0.3, -0.25) is 0 Å². The number of rotatable bonds is 2. The molecule has 13 heavy (non-hydrogen) atoms. The van der Waals surface area contributed by atoms with Crippen LogP contribution in [0.1, 0.15) is 19.4 Å². The van der Waals surface area contributed by atoms with E-state index in [-0.39, 0.29) is 5.82 Å². The molecule has 0 aliphatic heterocycles. The minimum Gasteiger partial charge on any atom is -0.207 e. The van der Waals surface area contributed by atoms with E-state index >= 15 is 0 Å². The van der Waals surface area contributed by atoms with Crippen LogP contribution in [-0.4, -0.2) is 6.26 Å². The predicted octanol–water partition coefficient (Wildman–Crippen LogP) is 4.22. The molecule has 0 unspecified atom stereocenters. The SMILES string of the molecule is C=Cc1cc(F)ccc1SC.CC. The van der Waals surface area contributed by atoms with Crippen LogP contribution in [0, 0.1) is 5.82 Å². The molecule has 0 N–H and O–H groups in total. The lowest BCUT2D eigenvalue weighted by Crippen LogP contribution is -1.80. The number of hydrogen-bond acceptors (Lipinski definition) is 1. The van der Waals surface area contributed by atoms with Gasteiger partial charge in [-0.1, -0.05) is 26.5 Å². The van der Waals surface area contributed by atoms with Gasteiger partial charge in [0, 0.05) is 4.90 Å². The first-order valence-electron chi connectivity index (χ1n) is 4.24. The number of thioether (sulfide) groups is 1. The molecule has 0 radical (unpaired) electrons. The van der Waals surface area contributed by atoms with Gasteiger partial charge in [-0.05, 0) is 30.0 Å². The fraction of sp³-hybridized carbons (Fsp3) is 0.273. The third-order valence-electron chi connectivity index (χ3n) is 1.41. The van der Waals surface area contributed by atoms with Crippen LogP contribution in [0.4, 0.5) is 4.39 Å². The Morgan fingerprint density at radius 2 is 2.00 bits per heavy atom. The highest BCUT2D eigenvalue weighted by Gasteiger charge is 1.98. The zero-order chi connectivity index (χ0) is 10.3. The normalized spacial score (nSPS) is 8.62. The summed E-state index contributed by atoms with van der Waals surface area (Å²) in [6.07, 6.45) is 3.62. The van der Waals surface area contributed by atoms with Crippen LogP contribution >= 0.6 is 11.8 Å². The standard InChI is InChI=1S/C9H9FS.C2H6/c1-3-7-6-8(10)4-5-9(7)11-2;1-2/h3-6H,1H2,2H3;1-2H3. The van der Waals surface area contributed by atoms with Crippen molar-refractivity contribution in [3.63, 3.8) is 0 Å². The lowest BCUT2D eigenvalue weighted by molar-refractivity contribution is 0.626. The van der Waals surface area contributed by atoms with Gasteiger partial charge < -0.3 is 0 Å². The molecule has 0 aromatic heterocycles. The van der Waals surface area contributed by atoms with Crippen molar-refractivity contribution in [3.8, 4) is 0 Å². The number of hydrogen-bond donors (Lipinski definition) is 0. The summed E-state index contributed by atoms with van der Waals surface area (Å²) in [7, 11) is 0. The van der Waals surface area contributed by atoms with Crippen LogP contribution in [0.25, 0.3) is 6.08 Å². The molecule has 0 fully saturated rings. The second-order valence-corrected chi connectivity index (χ2v) is 2.94. The van der Waals surface area contributed by atoms with E-state index in [0.29, 0.717) is 0 Å². The van der Waals surface area contributed by atoms with Gasteiger partial charge in [-0.25, -0.2) is 4.39 Å². The van der Waals surface area contributed by atoms with E-state index < -0.39 is 0 Å². The van der Waals surface area contributed by atoms with Crippen molar-refractivity contribution in [2.45, 2.75) is 18.7 Å². The second-order valence-electron chi connectivity index (χ2n) is 2.09. The van der Waals surface area contributed by atoms with Crippen LogP contribution in [0.3, 0.4) is 0 Å². The first-order valence-corrected chi connectivity index (χ1v) is 5.46. The van der Waals surface area contributed by atoms with Crippen molar-refractivity contribution in [1.82, 2.24) is 0 Å². The lowest BCUT2D eigenvalue weighted by Gasteiger charge is -2.00. The average molecular weight is 198 g/mol. The van der Waals surface area contributed by atoms with Gasteiger partial charge in [0.1, 0.15) is 5.82 Å². The minimum atomic E-state index is -0.210. The van der Waals surface area contributed by atoms with Crippen molar-refractivity contribution >= 4 is 17.8 Å².